The minimum atomic E-state index is -4.36. The summed E-state index contributed by atoms with van der Waals surface area (Å²) in [6, 6.07) is 6.18. The Morgan fingerprint density at radius 1 is 1.24 bits per heavy atom. The van der Waals surface area contributed by atoms with Crippen molar-refractivity contribution in [1.29, 1.82) is 0 Å². The SMILES string of the molecule is Nc1ccc(C(=O)CCOCC(F)(F)F)cc1. The minimum absolute atomic E-state index is 0.0833. The number of carbonyl (C=O) groups excluding carboxylic acids is 1. The molecule has 2 N–H and O–H groups in total. The van der Waals surface area contributed by atoms with E-state index < -0.39 is 12.8 Å². The Kier molecular flexibility index (Phi) is 4.51. The molecule has 1 aromatic rings. The Balaban J connectivity index is 2.33. The maximum absolute atomic E-state index is 11.7. The van der Waals surface area contributed by atoms with Gasteiger partial charge in [0.25, 0.3) is 0 Å². The summed E-state index contributed by atoms with van der Waals surface area (Å²) in [5.74, 6) is -0.271. The van der Waals surface area contributed by atoms with Crippen molar-refractivity contribution in [2.24, 2.45) is 0 Å². The molecule has 6 heteroatoms. The van der Waals surface area contributed by atoms with Crippen LogP contribution in [0.3, 0.4) is 0 Å². The molecule has 0 spiro atoms. The average molecular weight is 247 g/mol. The van der Waals surface area contributed by atoms with Crippen molar-refractivity contribution < 1.29 is 22.7 Å². The molecule has 0 aromatic heterocycles. The molecule has 94 valence electrons. The molecule has 0 saturated heterocycles. The van der Waals surface area contributed by atoms with Crippen LogP contribution in [0.4, 0.5) is 18.9 Å². The number of alkyl halides is 3. The fraction of sp³-hybridized carbons (Fsp3) is 0.364. The molecule has 0 saturated carbocycles. The zero-order chi connectivity index (χ0) is 12.9. The van der Waals surface area contributed by atoms with Crippen LogP contribution in [-0.4, -0.2) is 25.2 Å². The maximum Gasteiger partial charge on any atom is 0.411 e. The highest BCUT2D eigenvalue weighted by Gasteiger charge is 2.27. The number of anilines is 1. The quantitative estimate of drug-likeness (QED) is 0.494. The van der Waals surface area contributed by atoms with Crippen molar-refractivity contribution >= 4 is 11.5 Å². The third-order valence-corrected chi connectivity index (χ3v) is 1.97. The largest absolute Gasteiger partial charge is 0.411 e. The number of ketones is 1. The second kappa shape index (κ2) is 5.67. The number of halogens is 3. The Bertz CT molecular complexity index is 373. The van der Waals surface area contributed by atoms with E-state index in [4.69, 9.17) is 5.73 Å². The van der Waals surface area contributed by atoms with Gasteiger partial charge in [0.05, 0.1) is 6.61 Å². The lowest BCUT2D eigenvalue weighted by atomic mass is 10.1. The molecule has 0 aliphatic carbocycles. The smallest absolute Gasteiger partial charge is 0.399 e. The van der Waals surface area contributed by atoms with Gasteiger partial charge in [0.1, 0.15) is 6.61 Å². The third kappa shape index (κ3) is 5.35. The maximum atomic E-state index is 11.7. The van der Waals surface area contributed by atoms with Crippen LogP contribution in [0, 0.1) is 0 Å². The number of Topliss-reactive ketones (excluding diaryl/α,β-unsaturated/α-hetero) is 1. The average Bonchev–Trinajstić information content (AvgIpc) is 2.24. The number of hydrogen-bond donors (Lipinski definition) is 1. The zero-order valence-electron chi connectivity index (χ0n) is 8.96. The van der Waals surface area contributed by atoms with E-state index in [1.807, 2.05) is 0 Å². The van der Waals surface area contributed by atoms with Crippen molar-refractivity contribution in [2.75, 3.05) is 18.9 Å². The summed E-state index contributed by atoms with van der Waals surface area (Å²) in [6.45, 7) is -1.58. The highest BCUT2D eigenvalue weighted by atomic mass is 19.4. The van der Waals surface area contributed by atoms with Gasteiger partial charge in [-0.3, -0.25) is 4.79 Å². The lowest BCUT2D eigenvalue weighted by molar-refractivity contribution is -0.173. The van der Waals surface area contributed by atoms with Crippen LogP contribution >= 0.6 is 0 Å². The first kappa shape index (κ1) is 13.5. The number of rotatable bonds is 5. The van der Waals surface area contributed by atoms with Crippen LogP contribution in [0.1, 0.15) is 16.8 Å². The zero-order valence-corrected chi connectivity index (χ0v) is 8.96. The van der Waals surface area contributed by atoms with E-state index in [1.54, 1.807) is 12.1 Å². The Hall–Kier alpha value is -1.56. The minimum Gasteiger partial charge on any atom is -0.399 e. The molecular formula is C11H12F3NO2. The molecule has 1 rings (SSSR count). The number of hydrogen-bond acceptors (Lipinski definition) is 3. The molecule has 0 heterocycles. The summed E-state index contributed by atoms with van der Waals surface area (Å²) in [4.78, 5) is 11.5. The molecule has 0 bridgehead atoms. The summed E-state index contributed by atoms with van der Waals surface area (Å²) >= 11 is 0. The highest BCUT2D eigenvalue weighted by molar-refractivity contribution is 5.96. The second-order valence-electron chi connectivity index (χ2n) is 3.46. The van der Waals surface area contributed by atoms with Crippen LogP contribution in [0.15, 0.2) is 24.3 Å². The number of benzene rings is 1. The van der Waals surface area contributed by atoms with E-state index in [0.717, 1.165) is 0 Å². The summed E-state index contributed by atoms with van der Waals surface area (Å²) in [5.41, 5.74) is 6.37. The Morgan fingerprint density at radius 2 is 1.82 bits per heavy atom. The summed E-state index contributed by atoms with van der Waals surface area (Å²) in [7, 11) is 0. The Morgan fingerprint density at radius 3 is 2.35 bits per heavy atom. The van der Waals surface area contributed by atoms with Crippen LogP contribution < -0.4 is 5.73 Å². The molecule has 0 aliphatic heterocycles. The number of carbonyl (C=O) groups is 1. The van der Waals surface area contributed by atoms with Crippen molar-refractivity contribution in [3.05, 3.63) is 29.8 Å². The molecule has 0 atom stereocenters. The third-order valence-electron chi connectivity index (χ3n) is 1.97. The van der Waals surface area contributed by atoms with Gasteiger partial charge in [0, 0.05) is 17.7 Å². The van der Waals surface area contributed by atoms with Gasteiger partial charge >= 0.3 is 6.18 Å². The van der Waals surface area contributed by atoms with E-state index in [2.05, 4.69) is 4.74 Å². The molecule has 0 fully saturated rings. The van der Waals surface area contributed by atoms with Gasteiger partial charge in [-0.1, -0.05) is 0 Å². The lowest BCUT2D eigenvalue weighted by Crippen LogP contribution is -2.18. The van der Waals surface area contributed by atoms with Crippen LogP contribution in [0.25, 0.3) is 0 Å². The number of nitrogens with two attached hydrogens (primary N) is 1. The first-order chi connectivity index (χ1) is 7.88. The van der Waals surface area contributed by atoms with E-state index in [1.165, 1.54) is 12.1 Å². The fourth-order valence-corrected chi connectivity index (χ4v) is 1.17. The molecule has 0 unspecified atom stereocenters. The number of ether oxygens (including phenoxy) is 1. The summed E-state index contributed by atoms with van der Waals surface area (Å²) in [6.07, 6.45) is -4.44. The predicted molar refractivity (Wildman–Crippen MR) is 56.7 cm³/mol. The molecule has 0 radical (unpaired) electrons. The van der Waals surface area contributed by atoms with E-state index in [9.17, 15) is 18.0 Å². The molecular weight excluding hydrogens is 235 g/mol. The lowest BCUT2D eigenvalue weighted by Gasteiger charge is -2.07. The van der Waals surface area contributed by atoms with E-state index in [-0.39, 0.29) is 18.8 Å². The van der Waals surface area contributed by atoms with Gasteiger partial charge in [0.15, 0.2) is 5.78 Å². The van der Waals surface area contributed by atoms with Gasteiger partial charge in [-0.05, 0) is 24.3 Å². The van der Waals surface area contributed by atoms with Crippen LogP contribution in [-0.2, 0) is 4.74 Å². The van der Waals surface area contributed by atoms with Gasteiger partial charge in [-0.15, -0.1) is 0 Å². The normalized spacial score (nSPS) is 11.5. The van der Waals surface area contributed by atoms with E-state index >= 15 is 0 Å². The van der Waals surface area contributed by atoms with Gasteiger partial charge in [-0.2, -0.15) is 13.2 Å². The topological polar surface area (TPSA) is 52.3 Å². The molecule has 17 heavy (non-hydrogen) atoms. The van der Waals surface area contributed by atoms with Gasteiger partial charge in [0.2, 0.25) is 0 Å². The van der Waals surface area contributed by atoms with Crippen LogP contribution in [0.2, 0.25) is 0 Å². The van der Waals surface area contributed by atoms with E-state index in [0.29, 0.717) is 11.3 Å². The molecule has 1 aromatic carbocycles. The van der Waals surface area contributed by atoms with Crippen molar-refractivity contribution in [1.82, 2.24) is 0 Å². The first-order valence-electron chi connectivity index (χ1n) is 4.92. The fourth-order valence-electron chi connectivity index (χ4n) is 1.17. The molecule has 0 aliphatic rings. The monoisotopic (exact) mass is 247 g/mol. The number of nitrogen functional groups attached to an aromatic ring is 1. The van der Waals surface area contributed by atoms with Crippen LogP contribution in [0.5, 0.6) is 0 Å². The summed E-state index contributed by atoms with van der Waals surface area (Å²) < 4.78 is 39.5. The van der Waals surface area contributed by atoms with Crippen molar-refractivity contribution in [3.8, 4) is 0 Å². The van der Waals surface area contributed by atoms with Crippen molar-refractivity contribution in [3.63, 3.8) is 0 Å². The van der Waals surface area contributed by atoms with Gasteiger partial charge in [-0.25, -0.2) is 0 Å². The molecule has 0 amide bonds. The highest BCUT2D eigenvalue weighted by Crippen LogP contribution is 2.14. The first-order valence-corrected chi connectivity index (χ1v) is 4.92. The van der Waals surface area contributed by atoms with Crippen molar-refractivity contribution in [2.45, 2.75) is 12.6 Å². The standard InChI is InChI=1S/C11H12F3NO2/c12-11(13,14)7-17-6-5-10(16)8-1-3-9(15)4-2-8/h1-4H,5-7,15H2. The Labute approximate surface area is 96.4 Å². The predicted octanol–water partition coefficient (Wildman–Crippen LogP) is 2.42. The van der Waals surface area contributed by atoms with Gasteiger partial charge < -0.3 is 10.5 Å². The summed E-state index contributed by atoms with van der Waals surface area (Å²) in [5, 5.41) is 0. The second-order valence-corrected chi connectivity index (χ2v) is 3.46. The molecule has 3 nitrogen and oxygen atoms in total.